The van der Waals surface area contributed by atoms with Crippen molar-refractivity contribution in [2.75, 3.05) is 13.6 Å². The summed E-state index contributed by atoms with van der Waals surface area (Å²) in [6.45, 7) is -0.873. The third kappa shape index (κ3) is 3.77. The molecule has 0 spiro atoms. The van der Waals surface area contributed by atoms with Gasteiger partial charge in [0.15, 0.2) is 5.92 Å². The van der Waals surface area contributed by atoms with Crippen molar-refractivity contribution in [1.82, 2.24) is 4.90 Å². The number of halogens is 3. The molecule has 4 nitrogen and oxygen atoms in total. The highest BCUT2D eigenvalue weighted by molar-refractivity contribution is 5.71. The average molecular weight is 199 g/mol. The highest BCUT2D eigenvalue weighted by Crippen LogP contribution is 2.26. The van der Waals surface area contributed by atoms with E-state index < -0.39 is 24.6 Å². The summed E-state index contributed by atoms with van der Waals surface area (Å²) in [5.74, 6) is -4.51. The van der Waals surface area contributed by atoms with Crippen molar-refractivity contribution in [3.8, 4) is 0 Å². The largest absolute Gasteiger partial charge is 0.481 e. The quantitative estimate of drug-likeness (QED) is 0.664. The van der Waals surface area contributed by atoms with E-state index in [9.17, 15) is 22.8 Å². The van der Waals surface area contributed by atoms with Gasteiger partial charge in [-0.1, -0.05) is 0 Å². The zero-order valence-electron chi connectivity index (χ0n) is 6.71. The second-order valence-electron chi connectivity index (χ2n) is 2.48. The number of carboxylic acids is 1. The number of hydrogen-bond donors (Lipinski definition) is 1. The Labute approximate surface area is 71.9 Å². The van der Waals surface area contributed by atoms with Crippen LogP contribution in [-0.2, 0) is 9.59 Å². The first-order valence-corrected chi connectivity index (χ1v) is 3.24. The van der Waals surface area contributed by atoms with Gasteiger partial charge in [-0.3, -0.25) is 9.59 Å². The van der Waals surface area contributed by atoms with E-state index in [0.29, 0.717) is 4.90 Å². The first-order chi connectivity index (χ1) is 5.79. The topological polar surface area (TPSA) is 57.6 Å². The predicted molar refractivity (Wildman–Crippen MR) is 35.9 cm³/mol. The zero-order valence-corrected chi connectivity index (χ0v) is 6.71. The molecule has 0 aliphatic heterocycles. The summed E-state index contributed by atoms with van der Waals surface area (Å²) in [7, 11) is 1.08. The minimum Gasteiger partial charge on any atom is -0.481 e. The van der Waals surface area contributed by atoms with E-state index in [1.54, 1.807) is 0 Å². The molecule has 0 unspecified atom stereocenters. The van der Waals surface area contributed by atoms with Crippen LogP contribution in [0.2, 0.25) is 0 Å². The fourth-order valence-electron chi connectivity index (χ4n) is 0.653. The Kier molecular flexibility index (Phi) is 3.70. The normalized spacial score (nSPS) is 13.5. The Bertz CT molecular complexity index is 204. The lowest BCUT2D eigenvalue weighted by molar-refractivity contribution is -0.195. The van der Waals surface area contributed by atoms with Crippen molar-refractivity contribution in [2.45, 2.75) is 6.18 Å². The van der Waals surface area contributed by atoms with Gasteiger partial charge in [-0.15, -0.1) is 0 Å². The summed E-state index contributed by atoms with van der Waals surface area (Å²) in [4.78, 5) is 20.7. The van der Waals surface area contributed by atoms with E-state index in [0.717, 1.165) is 7.05 Å². The van der Waals surface area contributed by atoms with Gasteiger partial charge in [0.05, 0.1) is 0 Å². The maximum Gasteiger partial charge on any atom is 0.403 e. The molecule has 0 heterocycles. The molecule has 0 bridgehead atoms. The van der Waals surface area contributed by atoms with Gasteiger partial charge < -0.3 is 10.0 Å². The molecule has 0 aliphatic rings. The molecule has 1 N–H and O–H groups in total. The summed E-state index contributed by atoms with van der Waals surface area (Å²) in [6.07, 6.45) is -4.69. The van der Waals surface area contributed by atoms with Crippen LogP contribution in [0.3, 0.4) is 0 Å². The Hall–Kier alpha value is -1.27. The van der Waals surface area contributed by atoms with Crippen LogP contribution in [0, 0.1) is 5.92 Å². The third-order valence-electron chi connectivity index (χ3n) is 1.34. The van der Waals surface area contributed by atoms with Gasteiger partial charge in [-0.25, -0.2) is 0 Å². The van der Waals surface area contributed by atoms with Crippen LogP contribution in [0.15, 0.2) is 0 Å². The molecule has 0 saturated heterocycles. The van der Waals surface area contributed by atoms with Crippen LogP contribution < -0.4 is 0 Å². The molecule has 13 heavy (non-hydrogen) atoms. The number of amides is 1. The van der Waals surface area contributed by atoms with Crippen molar-refractivity contribution in [2.24, 2.45) is 5.92 Å². The predicted octanol–water partition coefficient (Wildman–Crippen LogP) is 0.338. The fraction of sp³-hybridized carbons (Fsp3) is 0.667. The summed E-state index contributed by atoms with van der Waals surface area (Å²) >= 11 is 0. The van der Waals surface area contributed by atoms with Crippen LogP contribution in [0.4, 0.5) is 13.2 Å². The fourth-order valence-corrected chi connectivity index (χ4v) is 0.653. The van der Waals surface area contributed by atoms with E-state index in [1.807, 2.05) is 0 Å². The number of aliphatic carboxylic acids is 1. The summed E-state index contributed by atoms with van der Waals surface area (Å²) < 4.78 is 35.8. The molecule has 0 radical (unpaired) electrons. The SMILES string of the molecule is CN(C=O)C[C@H](C(=O)O)C(F)(F)F. The number of carbonyl (C=O) groups excluding carboxylic acids is 1. The first kappa shape index (κ1) is 11.7. The number of alkyl halides is 3. The van der Waals surface area contributed by atoms with Gasteiger partial charge in [-0.05, 0) is 0 Å². The lowest BCUT2D eigenvalue weighted by Crippen LogP contribution is -2.39. The van der Waals surface area contributed by atoms with E-state index in [-0.39, 0.29) is 6.41 Å². The van der Waals surface area contributed by atoms with Gasteiger partial charge in [-0.2, -0.15) is 13.2 Å². The van der Waals surface area contributed by atoms with Crippen molar-refractivity contribution in [3.63, 3.8) is 0 Å². The minimum absolute atomic E-state index is 0.141. The van der Waals surface area contributed by atoms with Crippen molar-refractivity contribution in [1.29, 1.82) is 0 Å². The second-order valence-corrected chi connectivity index (χ2v) is 2.48. The van der Waals surface area contributed by atoms with Gasteiger partial charge in [0.2, 0.25) is 6.41 Å². The smallest absolute Gasteiger partial charge is 0.403 e. The van der Waals surface area contributed by atoms with Gasteiger partial charge in [0.1, 0.15) is 0 Å². The lowest BCUT2D eigenvalue weighted by atomic mass is 10.1. The Morgan fingerprint density at radius 2 is 2.08 bits per heavy atom. The molecule has 0 fully saturated rings. The Balaban J connectivity index is 4.45. The van der Waals surface area contributed by atoms with Crippen LogP contribution in [0.5, 0.6) is 0 Å². The van der Waals surface area contributed by atoms with Crippen LogP contribution in [0.1, 0.15) is 0 Å². The second kappa shape index (κ2) is 4.11. The number of rotatable bonds is 4. The summed E-state index contributed by atoms with van der Waals surface area (Å²) in [5, 5.41) is 8.19. The van der Waals surface area contributed by atoms with Gasteiger partial charge in [0.25, 0.3) is 0 Å². The first-order valence-electron chi connectivity index (χ1n) is 3.24. The van der Waals surface area contributed by atoms with Gasteiger partial charge >= 0.3 is 12.1 Å². The molecule has 76 valence electrons. The van der Waals surface area contributed by atoms with E-state index in [2.05, 4.69) is 0 Å². The van der Waals surface area contributed by atoms with Crippen molar-refractivity contribution in [3.05, 3.63) is 0 Å². The zero-order chi connectivity index (χ0) is 10.6. The van der Waals surface area contributed by atoms with E-state index >= 15 is 0 Å². The molecule has 1 atom stereocenters. The molecule has 7 heteroatoms. The molecule has 0 aromatic carbocycles. The molecular formula is C6H8F3NO3. The number of nitrogens with zero attached hydrogens (tertiary/aromatic N) is 1. The number of carboxylic acid groups (broad SMARTS) is 1. The summed E-state index contributed by atoms with van der Waals surface area (Å²) in [5.41, 5.74) is 0. The molecule has 0 rings (SSSR count). The molecule has 0 aliphatic carbocycles. The number of carbonyl (C=O) groups is 2. The van der Waals surface area contributed by atoms with Gasteiger partial charge in [0, 0.05) is 13.6 Å². The minimum atomic E-state index is -4.83. The lowest BCUT2D eigenvalue weighted by Gasteiger charge is -2.19. The third-order valence-corrected chi connectivity index (χ3v) is 1.34. The standard InChI is InChI=1S/C6H8F3NO3/c1-10(3-11)2-4(5(12)13)6(7,8)9/h3-4H,2H2,1H3,(H,12,13)/t4-/m1/s1. The molecule has 0 saturated carbocycles. The van der Waals surface area contributed by atoms with Crippen LogP contribution >= 0.6 is 0 Å². The highest BCUT2D eigenvalue weighted by Gasteiger charge is 2.45. The molecule has 1 amide bonds. The average Bonchev–Trinajstić information content (AvgIpc) is 1.96. The monoisotopic (exact) mass is 199 g/mol. The van der Waals surface area contributed by atoms with Crippen molar-refractivity contribution >= 4 is 12.4 Å². The van der Waals surface area contributed by atoms with Crippen LogP contribution in [-0.4, -0.2) is 42.2 Å². The molecular weight excluding hydrogens is 191 g/mol. The Morgan fingerprint density at radius 1 is 1.62 bits per heavy atom. The Morgan fingerprint density at radius 3 is 2.31 bits per heavy atom. The molecule has 0 aromatic rings. The maximum absolute atomic E-state index is 11.9. The van der Waals surface area contributed by atoms with Crippen molar-refractivity contribution < 1.29 is 27.9 Å². The summed E-state index contributed by atoms with van der Waals surface area (Å²) in [6, 6.07) is 0. The number of hydrogen-bond acceptors (Lipinski definition) is 2. The maximum atomic E-state index is 11.9. The van der Waals surface area contributed by atoms with E-state index in [4.69, 9.17) is 5.11 Å². The van der Waals surface area contributed by atoms with Crippen LogP contribution in [0.25, 0.3) is 0 Å². The highest BCUT2D eigenvalue weighted by atomic mass is 19.4. The molecule has 0 aromatic heterocycles. The van der Waals surface area contributed by atoms with E-state index in [1.165, 1.54) is 0 Å².